The number of hydrazine groups is 1. The molecule has 2 aromatic rings. The van der Waals surface area contributed by atoms with E-state index in [1.54, 1.807) is 36.4 Å². The second-order valence-corrected chi connectivity index (χ2v) is 6.23. The molecule has 23 heavy (non-hydrogen) atoms. The Morgan fingerprint density at radius 3 is 2.39 bits per heavy atom. The quantitative estimate of drug-likeness (QED) is 0.662. The first-order valence-electron chi connectivity index (χ1n) is 6.86. The molecule has 1 heterocycles. The van der Waals surface area contributed by atoms with Crippen molar-refractivity contribution >= 4 is 29.1 Å². The monoisotopic (exact) mass is 332 g/mol. The van der Waals surface area contributed by atoms with Gasteiger partial charge in [-0.1, -0.05) is 18.2 Å². The molecular weight excluding hydrogens is 316 g/mol. The van der Waals surface area contributed by atoms with Crippen LogP contribution in [0, 0.1) is 13.8 Å². The Morgan fingerprint density at radius 1 is 1.09 bits per heavy atom. The Balaban J connectivity index is 1.78. The smallest absolute Gasteiger partial charge is 0.339 e. The first kappa shape index (κ1) is 16.7. The molecule has 2 rings (SSSR count). The van der Waals surface area contributed by atoms with Crippen molar-refractivity contribution in [1.82, 2.24) is 10.9 Å². The number of benzene rings is 1. The van der Waals surface area contributed by atoms with Gasteiger partial charge in [0, 0.05) is 15.3 Å². The van der Waals surface area contributed by atoms with E-state index in [2.05, 4.69) is 10.9 Å². The Hall–Kier alpha value is -2.67. The van der Waals surface area contributed by atoms with E-state index in [-0.39, 0.29) is 0 Å². The van der Waals surface area contributed by atoms with Crippen LogP contribution < -0.4 is 10.9 Å². The summed E-state index contributed by atoms with van der Waals surface area (Å²) >= 11 is 1.49. The number of aryl methyl sites for hydroxylation is 2. The predicted octanol–water partition coefficient (Wildman–Crippen LogP) is 1.98. The Labute approximate surface area is 137 Å². The first-order chi connectivity index (χ1) is 11.0. The molecule has 0 aliphatic rings. The summed E-state index contributed by atoms with van der Waals surface area (Å²) in [5.74, 6) is -1.63. The highest BCUT2D eigenvalue weighted by Crippen LogP contribution is 2.21. The van der Waals surface area contributed by atoms with Crippen molar-refractivity contribution in [2.75, 3.05) is 6.61 Å². The Bertz CT molecular complexity index is 725. The molecule has 0 fully saturated rings. The van der Waals surface area contributed by atoms with Gasteiger partial charge in [0.15, 0.2) is 6.61 Å². The maximum atomic E-state index is 11.9. The summed E-state index contributed by atoms with van der Waals surface area (Å²) in [5, 5.41) is 0. The predicted molar refractivity (Wildman–Crippen MR) is 86.1 cm³/mol. The van der Waals surface area contributed by atoms with Crippen LogP contribution in [-0.4, -0.2) is 24.4 Å². The van der Waals surface area contributed by atoms with Crippen LogP contribution in [-0.2, 0) is 9.53 Å². The fraction of sp³-hybridized carbons (Fsp3) is 0.188. The van der Waals surface area contributed by atoms with Gasteiger partial charge in [0.05, 0.1) is 5.56 Å². The number of carbonyl (C=O) groups is 3. The van der Waals surface area contributed by atoms with Gasteiger partial charge in [0.25, 0.3) is 11.8 Å². The average Bonchev–Trinajstić information content (AvgIpc) is 2.89. The van der Waals surface area contributed by atoms with Crippen LogP contribution in [0.2, 0.25) is 0 Å². The van der Waals surface area contributed by atoms with Gasteiger partial charge >= 0.3 is 5.97 Å². The molecule has 0 spiro atoms. The van der Waals surface area contributed by atoms with E-state index in [0.717, 1.165) is 9.75 Å². The lowest BCUT2D eigenvalue weighted by atomic mass is 10.2. The zero-order valence-corrected chi connectivity index (χ0v) is 13.5. The van der Waals surface area contributed by atoms with E-state index in [0.29, 0.717) is 11.1 Å². The third-order valence-electron chi connectivity index (χ3n) is 2.95. The van der Waals surface area contributed by atoms with Crippen molar-refractivity contribution in [3.8, 4) is 0 Å². The van der Waals surface area contributed by atoms with E-state index < -0.39 is 24.4 Å². The molecule has 6 nitrogen and oxygen atoms in total. The second-order valence-electron chi connectivity index (χ2n) is 4.77. The molecule has 7 heteroatoms. The highest BCUT2D eigenvalue weighted by Gasteiger charge is 2.15. The average molecular weight is 332 g/mol. The minimum absolute atomic E-state index is 0.411. The van der Waals surface area contributed by atoms with E-state index in [1.807, 2.05) is 13.8 Å². The maximum Gasteiger partial charge on any atom is 0.339 e. The number of esters is 1. The highest BCUT2D eigenvalue weighted by molar-refractivity contribution is 7.12. The van der Waals surface area contributed by atoms with Crippen molar-refractivity contribution in [2.24, 2.45) is 0 Å². The van der Waals surface area contributed by atoms with E-state index >= 15 is 0 Å². The summed E-state index contributed by atoms with van der Waals surface area (Å²) in [6, 6.07) is 10.2. The number of ether oxygens (including phenoxy) is 1. The minimum atomic E-state index is -0.618. The topological polar surface area (TPSA) is 84.5 Å². The molecule has 0 radical (unpaired) electrons. The van der Waals surface area contributed by atoms with Crippen LogP contribution in [0.5, 0.6) is 0 Å². The molecule has 0 aliphatic heterocycles. The summed E-state index contributed by atoms with van der Waals surface area (Å²) < 4.78 is 4.93. The van der Waals surface area contributed by atoms with E-state index in [9.17, 15) is 14.4 Å². The SMILES string of the molecule is Cc1cc(C(=O)OCC(=O)NNC(=O)c2ccccc2)c(C)s1. The van der Waals surface area contributed by atoms with Crippen LogP contribution in [0.1, 0.15) is 30.5 Å². The molecule has 2 amide bonds. The van der Waals surface area contributed by atoms with Gasteiger partial charge < -0.3 is 4.74 Å². The molecule has 0 bridgehead atoms. The number of thiophene rings is 1. The molecule has 1 aromatic heterocycles. The first-order valence-corrected chi connectivity index (χ1v) is 7.67. The maximum absolute atomic E-state index is 11.9. The van der Waals surface area contributed by atoms with Gasteiger partial charge in [-0.15, -0.1) is 11.3 Å². The number of nitrogens with one attached hydrogen (secondary N) is 2. The van der Waals surface area contributed by atoms with Crippen molar-refractivity contribution in [3.63, 3.8) is 0 Å². The summed E-state index contributed by atoms with van der Waals surface area (Å²) in [6.45, 7) is 3.23. The number of hydrogen-bond donors (Lipinski definition) is 2. The fourth-order valence-corrected chi connectivity index (χ4v) is 2.78. The van der Waals surface area contributed by atoms with Crippen LogP contribution in [0.15, 0.2) is 36.4 Å². The third kappa shape index (κ3) is 4.65. The zero-order valence-electron chi connectivity index (χ0n) is 12.7. The van der Waals surface area contributed by atoms with Crippen LogP contribution in [0.3, 0.4) is 0 Å². The Kier molecular flexibility index (Phi) is 5.48. The summed E-state index contributed by atoms with van der Waals surface area (Å²) in [5.41, 5.74) is 5.31. The Morgan fingerprint density at radius 2 is 1.78 bits per heavy atom. The van der Waals surface area contributed by atoms with Gasteiger partial charge in [0.1, 0.15) is 0 Å². The lowest BCUT2D eigenvalue weighted by Crippen LogP contribution is -2.43. The van der Waals surface area contributed by atoms with E-state index in [4.69, 9.17) is 4.74 Å². The molecule has 2 N–H and O–H groups in total. The van der Waals surface area contributed by atoms with Crippen molar-refractivity contribution in [1.29, 1.82) is 0 Å². The molecule has 1 aromatic carbocycles. The van der Waals surface area contributed by atoms with Gasteiger partial charge in [-0.05, 0) is 32.0 Å². The van der Waals surface area contributed by atoms with Gasteiger partial charge in [-0.25, -0.2) is 4.79 Å². The van der Waals surface area contributed by atoms with Crippen molar-refractivity contribution in [3.05, 3.63) is 57.3 Å². The number of amides is 2. The minimum Gasteiger partial charge on any atom is -0.452 e. The van der Waals surface area contributed by atoms with Crippen LogP contribution in [0.25, 0.3) is 0 Å². The van der Waals surface area contributed by atoms with Gasteiger partial charge in [-0.2, -0.15) is 0 Å². The summed E-state index contributed by atoms with van der Waals surface area (Å²) in [6.07, 6.45) is 0. The molecule has 0 saturated carbocycles. The molecule has 120 valence electrons. The van der Waals surface area contributed by atoms with Crippen LogP contribution in [0.4, 0.5) is 0 Å². The summed E-state index contributed by atoms with van der Waals surface area (Å²) in [7, 11) is 0. The largest absolute Gasteiger partial charge is 0.452 e. The highest BCUT2D eigenvalue weighted by atomic mass is 32.1. The second kappa shape index (κ2) is 7.55. The molecule has 0 atom stereocenters. The van der Waals surface area contributed by atoms with E-state index in [1.165, 1.54) is 11.3 Å². The summed E-state index contributed by atoms with van der Waals surface area (Å²) in [4.78, 5) is 37.0. The molecule has 0 saturated heterocycles. The number of rotatable bonds is 4. The van der Waals surface area contributed by atoms with Crippen LogP contribution >= 0.6 is 11.3 Å². The molecular formula is C16H16N2O4S. The van der Waals surface area contributed by atoms with Gasteiger partial charge in [0.2, 0.25) is 0 Å². The van der Waals surface area contributed by atoms with Crippen molar-refractivity contribution < 1.29 is 19.1 Å². The standard InChI is InChI=1S/C16H16N2O4S/c1-10-8-13(11(2)23-10)16(21)22-9-14(19)17-18-15(20)12-6-4-3-5-7-12/h3-8H,9H2,1-2H3,(H,17,19)(H,18,20). The molecule has 0 unspecified atom stereocenters. The lowest BCUT2D eigenvalue weighted by Gasteiger charge is -2.08. The lowest BCUT2D eigenvalue weighted by molar-refractivity contribution is -0.125. The number of carbonyl (C=O) groups excluding carboxylic acids is 3. The van der Waals surface area contributed by atoms with Crippen molar-refractivity contribution in [2.45, 2.75) is 13.8 Å². The third-order valence-corrected chi connectivity index (χ3v) is 3.91. The number of hydrogen-bond acceptors (Lipinski definition) is 5. The normalized spacial score (nSPS) is 10.0. The fourth-order valence-electron chi connectivity index (χ4n) is 1.87. The van der Waals surface area contributed by atoms with Gasteiger partial charge in [-0.3, -0.25) is 20.4 Å². The molecule has 0 aliphatic carbocycles. The zero-order chi connectivity index (χ0) is 16.8.